The number of nitrogens with one attached hydrogen (secondary N) is 2. The predicted octanol–water partition coefficient (Wildman–Crippen LogP) is 3.54. The summed E-state index contributed by atoms with van der Waals surface area (Å²) in [7, 11) is 1.62. The van der Waals surface area contributed by atoms with Crippen molar-refractivity contribution in [1.82, 2.24) is 5.32 Å². The lowest BCUT2D eigenvalue weighted by atomic mass is 10.1. The Morgan fingerprint density at radius 1 is 1.21 bits per heavy atom. The highest BCUT2D eigenvalue weighted by atomic mass is 16.5. The molecule has 19 heavy (non-hydrogen) atoms. The maximum absolute atomic E-state index is 11.9. The molecule has 1 aliphatic carbocycles. The van der Waals surface area contributed by atoms with Gasteiger partial charge < -0.3 is 15.4 Å². The van der Waals surface area contributed by atoms with Gasteiger partial charge in [-0.15, -0.1) is 0 Å². The lowest BCUT2D eigenvalue weighted by molar-refractivity contribution is 0.247. The Hall–Kier alpha value is -1.71. The van der Waals surface area contributed by atoms with Gasteiger partial charge in [-0.3, -0.25) is 0 Å². The first kappa shape index (κ1) is 13.7. The summed E-state index contributed by atoms with van der Waals surface area (Å²) in [5.41, 5.74) is 0.755. The Kier molecular flexibility index (Phi) is 5.07. The minimum atomic E-state index is -0.125. The third-order valence-electron chi connectivity index (χ3n) is 3.52. The van der Waals surface area contributed by atoms with E-state index >= 15 is 0 Å². The lowest BCUT2D eigenvalue weighted by Crippen LogP contribution is -2.37. The zero-order valence-corrected chi connectivity index (χ0v) is 11.4. The Bertz CT molecular complexity index is 412. The molecule has 2 rings (SSSR count). The zero-order chi connectivity index (χ0) is 13.5. The molecule has 0 spiro atoms. The van der Waals surface area contributed by atoms with Gasteiger partial charge in [-0.1, -0.05) is 31.7 Å². The fourth-order valence-corrected chi connectivity index (χ4v) is 2.48. The van der Waals surface area contributed by atoms with Crippen molar-refractivity contribution >= 4 is 11.7 Å². The standard InChI is InChI=1S/C15H22N2O2/c1-19-14-10-6-9-13(11-14)17-15(18)16-12-7-4-2-3-5-8-12/h6,9-12H,2-5,7-8H2,1H3,(H2,16,17,18). The van der Waals surface area contributed by atoms with Crippen LogP contribution in [0.2, 0.25) is 0 Å². The molecule has 2 amide bonds. The van der Waals surface area contributed by atoms with Crippen molar-refractivity contribution in [3.8, 4) is 5.75 Å². The van der Waals surface area contributed by atoms with Crippen molar-refractivity contribution in [3.05, 3.63) is 24.3 Å². The van der Waals surface area contributed by atoms with E-state index in [1.165, 1.54) is 25.7 Å². The number of carbonyl (C=O) groups is 1. The van der Waals surface area contributed by atoms with Gasteiger partial charge in [0, 0.05) is 17.8 Å². The van der Waals surface area contributed by atoms with Gasteiger partial charge in [-0.05, 0) is 25.0 Å². The number of urea groups is 1. The molecule has 0 saturated heterocycles. The smallest absolute Gasteiger partial charge is 0.319 e. The van der Waals surface area contributed by atoms with Crippen LogP contribution in [0.3, 0.4) is 0 Å². The summed E-state index contributed by atoms with van der Waals surface area (Å²) in [6.07, 6.45) is 7.18. The average Bonchev–Trinajstić information content (AvgIpc) is 2.67. The Balaban J connectivity index is 1.85. The number of hydrogen-bond donors (Lipinski definition) is 2. The first-order valence-corrected chi connectivity index (χ1v) is 6.99. The van der Waals surface area contributed by atoms with E-state index in [9.17, 15) is 4.79 Å². The van der Waals surface area contributed by atoms with Crippen molar-refractivity contribution < 1.29 is 9.53 Å². The van der Waals surface area contributed by atoms with Crippen molar-refractivity contribution in [3.63, 3.8) is 0 Å². The molecule has 0 heterocycles. The minimum absolute atomic E-state index is 0.125. The first-order chi connectivity index (χ1) is 9.28. The summed E-state index contributed by atoms with van der Waals surface area (Å²) < 4.78 is 5.13. The van der Waals surface area contributed by atoms with E-state index in [1.54, 1.807) is 7.11 Å². The van der Waals surface area contributed by atoms with Crippen LogP contribution in [0.25, 0.3) is 0 Å². The summed E-state index contributed by atoms with van der Waals surface area (Å²) in [5.74, 6) is 0.743. The van der Waals surface area contributed by atoms with Crippen LogP contribution >= 0.6 is 0 Å². The Morgan fingerprint density at radius 2 is 1.95 bits per heavy atom. The lowest BCUT2D eigenvalue weighted by Gasteiger charge is -2.16. The van der Waals surface area contributed by atoms with Crippen LogP contribution in [-0.4, -0.2) is 19.2 Å². The summed E-state index contributed by atoms with van der Waals surface area (Å²) in [5, 5.41) is 5.91. The molecular weight excluding hydrogens is 240 g/mol. The Morgan fingerprint density at radius 3 is 2.63 bits per heavy atom. The summed E-state index contributed by atoms with van der Waals surface area (Å²) in [4.78, 5) is 11.9. The molecule has 0 unspecified atom stereocenters. The summed E-state index contributed by atoms with van der Waals surface area (Å²) in [6.45, 7) is 0. The van der Waals surface area contributed by atoms with Crippen LogP contribution < -0.4 is 15.4 Å². The van der Waals surface area contributed by atoms with Crippen LogP contribution in [-0.2, 0) is 0 Å². The van der Waals surface area contributed by atoms with E-state index in [0.717, 1.165) is 24.3 Å². The molecule has 0 aromatic heterocycles. The molecule has 0 atom stereocenters. The fraction of sp³-hybridized carbons (Fsp3) is 0.533. The van der Waals surface area contributed by atoms with Gasteiger partial charge in [0.15, 0.2) is 0 Å². The van der Waals surface area contributed by atoms with E-state index in [0.29, 0.717) is 6.04 Å². The summed E-state index contributed by atoms with van der Waals surface area (Å²) in [6, 6.07) is 7.57. The van der Waals surface area contributed by atoms with Gasteiger partial charge in [-0.25, -0.2) is 4.79 Å². The first-order valence-electron chi connectivity index (χ1n) is 6.99. The van der Waals surface area contributed by atoms with Gasteiger partial charge in [0.25, 0.3) is 0 Å². The second-order valence-electron chi connectivity index (χ2n) is 5.02. The van der Waals surface area contributed by atoms with E-state index in [1.807, 2.05) is 24.3 Å². The van der Waals surface area contributed by atoms with E-state index in [2.05, 4.69) is 10.6 Å². The average molecular weight is 262 g/mol. The molecule has 1 aromatic carbocycles. The number of anilines is 1. The number of amides is 2. The SMILES string of the molecule is COc1cccc(NC(=O)NC2CCCCCC2)c1. The molecule has 1 aliphatic rings. The normalized spacial score (nSPS) is 16.5. The molecule has 104 valence electrons. The van der Waals surface area contributed by atoms with Crippen LogP contribution in [0, 0.1) is 0 Å². The molecule has 2 N–H and O–H groups in total. The topological polar surface area (TPSA) is 50.4 Å². The number of benzene rings is 1. The quantitative estimate of drug-likeness (QED) is 0.819. The summed E-state index contributed by atoms with van der Waals surface area (Å²) >= 11 is 0. The molecule has 1 fully saturated rings. The van der Waals surface area contributed by atoms with Gasteiger partial charge in [0.1, 0.15) is 5.75 Å². The fourth-order valence-electron chi connectivity index (χ4n) is 2.48. The van der Waals surface area contributed by atoms with Crippen LogP contribution in [0.1, 0.15) is 38.5 Å². The largest absolute Gasteiger partial charge is 0.497 e. The molecule has 1 saturated carbocycles. The van der Waals surface area contributed by atoms with Gasteiger partial charge >= 0.3 is 6.03 Å². The highest BCUT2D eigenvalue weighted by Gasteiger charge is 2.14. The molecule has 0 aliphatic heterocycles. The van der Waals surface area contributed by atoms with Gasteiger partial charge in [0.2, 0.25) is 0 Å². The van der Waals surface area contributed by atoms with Crippen molar-refractivity contribution in [2.75, 3.05) is 12.4 Å². The Labute approximate surface area is 114 Å². The van der Waals surface area contributed by atoms with Crippen LogP contribution in [0.15, 0.2) is 24.3 Å². The predicted molar refractivity (Wildman–Crippen MR) is 76.6 cm³/mol. The number of carbonyl (C=O) groups excluding carboxylic acids is 1. The minimum Gasteiger partial charge on any atom is -0.497 e. The van der Waals surface area contributed by atoms with Crippen molar-refractivity contribution in [2.24, 2.45) is 0 Å². The van der Waals surface area contributed by atoms with E-state index in [-0.39, 0.29) is 6.03 Å². The molecule has 0 radical (unpaired) electrons. The number of methoxy groups -OCH3 is 1. The maximum Gasteiger partial charge on any atom is 0.319 e. The molecule has 1 aromatic rings. The number of rotatable bonds is 3. The molecular formula is C15H22N2O2. The zero-order valence-electron chi connectivity index (χ0n) is 11.4. The monoisotopic (exact) mass is 262 g/mol. The highest BCUT2D eigenvalue weighted by molar-refractivity contribution is 5.89. The second-order valence-corrected chi connectivity index (χ2v) is 5.02. The maximum atomic E-state index is 11.9. The highest BCUT2D eigenvalue weighted by Crippen LogP contribution is 2.18. The van der Waals surface area contributed by atoms with Crippen molar-refractivity contribution in [2.45, 2.75) is 44.6 Å². The van der Waals surface area contributed by atoms with Gasteiger partial charge in [0.05, 0.1) is 7.11 Å². The van der Waals surface area contributed by atoms with E-state index < -0.39 is 0 Å². The van der Waals surface area contributed by atoms with Gasteiger partial charge in [-0.2, -0.15) is 0 Å². The number of hydrogen-bond acceptors (Lipinski definition) is 2. The molecule has 0 bridgehead atoms. The number of ether oxygens (including phenoxy) is 1. The third-order valence-corrected chi connectivity index (χ3v) is 3.52. The third kappa shape index (κ3) is 4.47. The van der Waals surface area contributed by atoms with Crippen molar-refractivity contribution in [1.29, 1.82) is 0 Å². The molecule has 4 nitrogen and oxygen atoms in total. The molecule has 4 heteroatoms. The van der Waals surface area contributed by atoms with Crippen LogP contribution in [0.5, 0.6) is 5.75 Å². The van der Waals surface area contributed by atoms with E-state index in [4.69, 9.17) is 4.74 Å². The van der Waals surface area contributed by atoms with Crippen LogP contribution in [0.4, 0.5) is 10.5 Å². The second kappa shape index (κ2) is 7.02.